The first-order chi connectivity index (χ1) is 18.5. The average Bonchev–Trinajstić information content (AvgIpc) is 2.88. The van der Waals surface area contributed by atoms with Crippen LogP contribution < -0.4 is 15.0 Å². The van der Waals surface area contributed by atoms with Gasteiger partial charge in [-0.25, -0.2) is 14.5 Å². The molecule has 4 rings (SSSR count). The molecule has 3 aromatic rings. The summed E-state index contributed by atoms with van der Waals surface area (Å²) in [6.45, 7) is 1.73. The van der Waals surface area contributed by atoms with Gasteiger partial charge in [-0.05, 0) is 76.5 Å². The molecule has 39 heavy (non-hydrogen) atoms. The van der Waals surface area contributed by atoms with Crippen molar-refractivity contribution in [3.63, 3.8) is 0 Å². The van der Waals surface area contributed by atoms with E-state index >= 15 is 0 Å². The molecule has 1 N–H and O–H groups in total. The molecule has 1 heterocycles. The number of nitrogens with zero attached hydrogens (tertiary/aromatic N) is 2. The zero-order valence-corrected chi connectivity index (χ0v) is 23.2. The summed E-state index contributed by atoms with van der Waals surface area (Å²) < 4.78 is 6.41. The number of hydrogen-bond donors (Lipinski definition) is 1. The van der Waals surface area contributed by atoms with Gasteiger partial charge in [-0.1, -0.05) is 34.1 Å². The Morgan fingerprint density at radius 1 is 1.05 bits per heavy atom. The lowest BCUT2D eigenvalue weighted by atomic mass is 10.0. The van der Waals surface area contributed by atoms with E-state index in [1.54, 1.807) is 37.3 Å². The van der Waals surface area contributed by atoms with Gasteiger partial charge in [-0.3, -0.25) is 25.0 Å². The highest BCUT2D eigenvalue weighted by molar-refractivity contribution is 9.11. The Balaban J connectivity index is 1.65. The van der Waals surface area contributed by atoms with Crippen molar-refractivity contribution in [1.29, 1.82) is 0 Å². The van der Waals surface area contributed by atoms with Crippen LogP contribution >= 0.6 is 31.9 Å². The molecule has 0 saturated carbocycles. The maximum Gasteiger partial charge on any atom is 0.336 e. The molecule has 4 amide bonds. The van der Waals surface area contributed by atoms with Crippen molar-refractivity contribution in [3.8, 4) is 5.75 Å². The lowest BCUT2D eigenvalue weighted by Gasteiger charge is -2.27. The fourth-order valence-corrected chi connectivity index (χ4v) is 4.99. The van der Waals surface area contributed by atoms with Crippen molar-refractivity contribution >= 4 is 79.2 Å². The summed E-state index contributed by atoms with van der Waals surface area (Å²) in [5.41, 5.74) is 1.26. The molecule has 0 aliphatic carbocycles. The van der Waals surface area contributed by atoms with Gasteiger partial charge in [0.25, 0.3) is 17.5 Å². The van der Waals surface area contributed by atoms with Gasteiger partial charge < -0.3 is 4.74 Å². The zero-order chi connectivity index (χ0) is 28.3. The van der Waals surface area contributed by atoms with Gasteiger partial charge in [0.1, 0.15) is 5.57 Å². The van der Waals surface area contributed by atoms with Crippen molar-refractivity contribution in [2.24, 2.45) is 0 Å². The van der Waals surface area contributed by atoms with E-state index in [0.29, 0.717) is 25.8 Å². The molecule has 1 fully saturated rings. The number of halogens is 2. The highest BCUT2D eigenvalue weighted by Gasteiger charge is 2.37. The van der Waals surface area contributed by atoms with E-state index in [4.69, 9.17) is 4.74 Å². The first-order valence-electron chi connectivity index (χ1n) is 11.2. The van der Waals surface area contributed by atoms with Crippen LogP contribution in [0.1, 0.15) is 16.7 Å². The number of rotatable bonds is 6. The van der Waals surface area contributed by atoms with Crippen molar-refractivity contribution in [1.82, 2.24) is 5.32 Å². The van der Waals surface area contributed by atoms with Gasteiger partial charge in [-0.2, -0.15) is 0 Å². The van der Waals surface area contributed by atoms with Gasteiger partial charge in [0, 0.05) is 28.2 Å². The fraction of sp³-hybridized carbons (Fsp3) is 0.0370. The molecule has 0 bridgehead atoms. The lowest BCUT2D eigenvalue weighted by molar-refractivity contribution is -0.384. The topological polar surface area (TPSA) is 136 Å². The van der Waals surface area contributed by atoms with Crippen molar-refractivity contribution < 1.29 is 28.8 Å². The maximum atomic E-state index is 13.3. The number of nitro groups is 1. The largest absolute Gasteiger partial charge is 0.422 e. The molecule has 1 aliphatic heterocycles. The van der Waals surface area contributed by atoms with Gasteiger partial charge >= 0.3 is 12.0 Å². The van der Waals surface area contributed by atoms with Crippen LogP contribution in [0, 0.1) is 17.0 Å². The number of benzene rings is 3. The predicted molar refractivity (Wildman–Crippen MR) is 150 cm³/mol. The first kappa shape index (κ1) is 27.6. The number of nitrogens with one attached hydrogen (secondary N) is 1. The number of aryl methyl sites for hydroxylation is 1. The molecular weight excluding hydrogens is 638 g/mol. The number of hydrogen-bond acceptors (Lipinski definition) is 7. The number of urea groups is 1. The minimum absolute atomic E-state index is 0.0176. The SMILES string of the molecule is Cc1ccccc1N1C(=O)NC(=O)/C(=C/c2cc(Br)cc(Br)c2OC(=O)/C=C/c2ccc([N+](=O)[O-])cc2)C1=O. The van der Waals surface area contributed by atoms with Crippen LogP contribution in [0.3, 0.4) is 0 Å². The molecule has 1 saturated heterocycles. The number of carbonyl (C=O) groups is 4. The summed E-state index contributed by atoms with van der Waals surface area (Å²) in [7, 11) is 0. The van der Waals surface area contributed by atoms with Crippen molar-refractivity contribution in [3.05, 3.63) is 108 Å². The highest BCUT2D eigenvalue weighted by Crippen LogP contribution is 2.35. The smallest absolute Gasteiger partial charge is 0.336 e. The second-order valence-corrected chi connectivity index (χ2v) is 9.92. The Morgan fingerprint density at radius 3 is 2.41 bits per heavy atom. The molecule has 0 aromatic heterocycles. The maximum absolute atomic E-state index is 13.3. The Bertz CT molecular complexity index is 1600. The number of esters is 1. The molecule has 10 nitrogen and oxygen atoms in total. The van der Waals surface area contributed by atoms with E-state index in [9.17, 15) is 29.3 Å². The molecule has 3 aromatic carbocycles. The normalized spacial score (nSPS) is 14.6. The van der Waals surface area contributed by atoms with E-state index in [1.807, 2.05) is 0 Å². The van der Waals surface area contributed by atoms with Gasteiger partial charge in [0.15, 0.2) is 5.75 Å². The predicted octanol–water partition coefficient (Wildman–Crippen LogP) is 5.71. The summed E-state index contributed by atoms with van der Waals surface area (Å²) in [4.78, 5) is 62.3. The second kappa shape index (κ2) is 11.5. The van der Waals surface area contributed by atoms with E-state index in [1.165, 1.54) is 42.5 Å². The summed E-state index contributed by atoms with van der Waals surface area (Å²) in [5.74, 6) is -2.51. The molecule has 0 atom stereocenters. The van der Waals surface area contributed by atoms with Crippen LogP contribution in [0.4, 0.5) is 16.2 Å². The number of para-hydroxylation sites is 1. The number of non-ortho nitro benzene ring substituents is 1. The fourth-order valence-electron chi connectivity index (χ4n) is 3.65. The first-order valence-corrected chi connectivity index (χ1v) is 12.7. The summed E-state index contributed by atoms with van der Waals surface area (Å²) in [6.07, 6.45) is 3.78. The third kappa shape index (κ3) is 6.19. The average molecular weight is 655 g/mol. The lowest BCUT2D eigenvalue weighted by Crippen LogP contribution is -2.54. The van der Waals surface area contributed by atoms with Crippen LogP contribution in [0.5, 0.6) is 5.75 Å². The number of carbonyl (C=O) groups excluding carboxylic acids is 4. The second-order valence-electron chi connectivity index (χ2n) is 8.15. The third-order valence-electron chi connectivity index (χ3n) is 5.51. The number of ether oxygens (including phenoxy) is 1. The Kier molecular flexibility index (Phi) is 8.17. The standard InChI is InChI=1S/C27H17Br2N3O7/c1-15-4-2-3-5-22(15)31-26(35)20(25(34)30-27(31)36)13-17-12-18(28)14-21(29)24(17)39-23(33)11-8-16-6-9-19(10-7-16)32(37)38/h2-14H,1H3,(H,30,34,36)/b11-8+,20-13-. The number of amides is 4. The Morgan fingerprint density at radius 2 is 1.74 bits per heavy atom. The van der Waals surface area contributed by atoms with Gasteiger partial charge in [0.2, 0.25) is 0 Å². The van der Waals surface area contributed by atoms with Crippen LogP contribution in [-0.4, -0.2) is 28.7 Å². The summed E-state index contributed by atoms with van der Waals surface area (Å²) >= 11 is 6.67. The minimum atomic E-state index is -0.902. The van der Waals surface area contributed by atoms with Crippen LogP contribution in [0.2, 0.25) is 0 Å². The molecule has 12 heteroatoms. The van der Waals surface area contributed by atoms with E-state index in [0.717, 1.165) is 11.0 Å². The van der Waals surface area contributed by atoms with Crippen molar-refractivity contribution in [2.45, 2.75) is 6.92 Å². The molecule has 196 valence electrons. The number of nitro benzene ring substituents is 1. The van der Waals surface area contributed by atoms with E-state index in [-0.39, 0.29) is 22.6 Å². The molecule has 1 aliphatic rings. The number of imide groups is 2. The van der Waals surface area contributed by atoms with Gasteiger partial charge in [-0.15, -0.1) is 0 Å². The molecule has 0 radical (unpaired) electrons. The monoisotopic (exact) mass is 653 g/mol. The molecule has 0 spiro atoms. The van der Waals surface area contributed by atoms with E-state index in [2.05, 4.69) is 37.2 Å². The Labute approximate surface area is 238 Å². The summed E-state index contributed by atoms with van der Waals surface area (Å²) in [6, 6.07) is 14.5. The zero-order valence-electron chi connectivity index (χ0n) is 20.0. The summed E-state index contributed by atoms with van der Waals surface area (Å²) in [5, 5.41) is 13.0. The molecule has 0 unspecified atom stereocenters. The van der Waals surface area contributed by atoms with Crippen LogP contribution in [-0.2, 0) is 14.4 Å². The van der Waals surface area contributed by atoms with E-state index < -0.39 is 28.7 Å². The Hall–Kier alpha value is -4.42. The third-order valence-corrected chi connectivity index (χ3v) is 6.56. The molecular formula is C27H17Br2N3O7. The number of barbiturate groups is 1. The van der Waals surface area contributed by atoms with Crippen LogP contribution in [0.25, 0.3) is 12.2 Å². The van der Waals surface area contributed by atoms with Crippen LogP contribution in [0.15, 0.2) is 81.3 Å². The minimum Gasteiger partial charge on any atom is -0.422 e. The quantitative estimate of drug-likeness (QED) is 0.0897. The highest BCUT2D eigenvalue weighted by atomic mass is 79.9. The van der Waals surface area contributed by atoms with Crippen molar-refractivity contribution in [2.75, 3.05) is 4.90 Å². The van der Waals surface area contributed by atoms with Gasteiger partial charge in [0.05, 0.1) is 15.1 Å². The number of anilines is 1.